The van der Waals surface area contributed by atoms with Crippen molar-refractivity contribution in [1.82, 2.24) is 9.55 Å². The molecule has 0 spiro atoms. The van der Waals surface area contributed by atoms with Crippen LogP contribution in [0.4, 0.5) is 19.0 Å². The Bertz CT molecular complexity index is 843. The van der Waals surface area contributed by atoms with Gasteiger partial charge in [-0.1, -0.05) is 31.7 Å². The highest BCUT2D eigenvalue weighted by molar-refractivity contribution is 5.36. The topological polar surface area (TPSA) is 67.2 Å². The predicted octanol–water partition coefficient (Wildman–Crippen LogP) is 4.12. The van der Waals surface area contributed by atoms with Gasteiger partial charge < -0.3 is 15.0 Å². The van der Waals surface area contributed by atoms with Crippen LogP contribution >= 0.6 is 0 Å². The van der Waals surface area contributed by atoms with E-state index in [1.165, 1.54) is 4.57 Å². The van der Waals surface area contributed by atoms with E-state index in [-0.39, 0.29) is 0 Å². The van der Waals surface area contributed by atoms with E-state index in [0.717, 1.165) is 43.5 Å². The molecule has 5 nitrogen and oxygen atoms in total. The average Bonchev–Trinajstić information content (AvgIpc) is 3.14. The van der Waals surface area contributed by atoms with Crippen molar-refractivity contribution in [3.8, 4) is 0 Å². The Morgan fingerprint density at radius 3 is 2.57 bits per heavy atom. The number of halogens is 3. The molecule has 2 N–H and O–H groups in total. The molecule has 152 valence electrons. The van der Waals surface area contributed by atoms with Crippen LogP contribution in [0.2, 0.25) is 0 Å². The van der Waals surface area contributed by atoms with Crippen LogP contribution in [0, 0.1) is 12.8 Å². The summed E-state index contributed by atoms with van der Waals surface area (Å²) in [6, 6.07) is 4.30. The number of alkyl halides is 3. The third-order valence-corrected chi connectivity index (χ3v) is 5.25. The summed E-state index contributed by atoms with van der Waals surface area (Å²) < 4.78 is 39.9. The van der Waals surface area contributed by atoms with Crippen LogP contribution in [0.15, 0.2) is 41.5 Å². The first-order valence-corrected chi connectivity index (χ1v) is 9.40. The number of aliphatic hydroxyl groups is 1. The molecule has 2 heterocycles. The molecule has 2 aromatic rings. The summed E-state index contributed by atoms with van der Waals surface area (Å²) in [5.74, 6) is 0.760. The maximum absolute atomic E-state index is 12.9. The summed E-state index contributed by atoms with van der Waals surface area (Å²) in [7, 11) is 0. The van der Waals surface area contributed by atoms with Gasteiger partial charge in [0.2, 0.25) is 0 Å². The van der Waals surface area contributed by atoms with Crippen LogP contribution in [0.3, 0.4) is 0 Å². The molecule has 2 aromatic heterocycles. The minimum absolute atomic E-state index is 0.321. The summed E-state index contributed by atoms with van der Waals surface area (Å²) >= 11 is 0. The number of rotatable bonds is 6. The van der Waals surface area contributed by atoms with E-state index >= 15 is 0 Å². The minimum Gasteiger partial charge on any atom is -0.372 e. The lowest BCUT2D eigenvalue weighted by Gasteiger charge is -2.28. The number of hydrogen-bond acceptors (Lipinski definition) is 4. The van der Waals surface area contributed by atoms with E-state index in [0.29, 0.717) is 24.2 Å². The van der Waals surface area contributed by atoms with Crippen LogP contribution in [0.5, 0.6) is 0 Å². The summed E-state index contributed by atoms with van der Waals surface area (Å²) in [4.78, 5) is 16.6. The first-order valence-electron chi connectivity index (χ1n) is 9.40. The summed E-state index contributed by atoms with van der Waals surface area (Å²) in [6.45, 7) is 1.89. The Morgan fingerprint density at radius 2 is 2.00 bits per heavy atom. The van der Waals surface area contributed by atoms with Gasteiger partial charge in [0.25, 0.3) is 5.56 Å². The van der Waals surface area contributed by atoms with Gasteiger partial charge in [-0.3, -0.25) is 4.79 Å². The molecule has 0 aliphatic heterocycles. The molecule has 0 aromatic carbocycles. The molecule has 8 heteroatoms. The third-order valence-electron chi connectivity index (χ3n) is 5.25. The number of anilines is 1. The van der Waals surface area contributed by atoms with Gasteiger partial charge in [0.15, 0.2) is 0 Å². The Morgan fingerprint density at radius 1 is 1.29 bits per heavy atom. The Hall–Kier alpha value is -2.35. The number of aryl methyl sites for hydroxylation is 1. The Balaban J connectivity index is 1.87. The third kappa shape index (κ3) is 4.92. The van der Waals surface area contributed by atoms with Crippen molar-refractivity contribution < 1.29 is 18.3 Å². The molecular weight excluding hydrogens is 371 g/mol. The van der Waals surface area contributed by atoms with Gasteiger partial charge in [-0.25, -0.2) is 4.98 Å². The van der Waals surface area contributed by atoms with Crippen molar-refractivity contribution >= 4 is 5.82 Å². The molecular formula is C20H24F3N3O2. The van der Waals surface area contributed by atoms with Gasteiger partial charge in [-0.15, -0.1) is 0 Å². The highest BCUT2D eigenvalue weighted by atomic mass is 19.4. The summed E-state index contributed by atoms with van der Waals surface area (Å²) in [6.07, 6.45) is 1.68. The minimum atomic E-state index is -4.58. The number of aromatic nitrogens is 2. The maximum atomic E-state index is 12.9. The number of nitrogens with zero attached hydrogens (tertiary/aromatic N) is 2. The van der Waals surface area contributed by atoms with Gasteiger partial charge in [0.1, 0.15) is 12.0 Å². The second-order valence-electron chi connectivity index (χ2n) is 7.42. The van der Waals surface area contributed by atoms with E-state index in [2.05, 4.69) is 10.3 Å². The van der Waals surface area contributed by atoms with Crippen LogP contribution in [-0.2, 0) is 6.18 Å². The zero-order valence-corrected chi connectivity index (χ0v) is 15.6. The van der Waals surface area contributed by atoms with E-state index < -0.39 is 29.6 Å². The van der Waals surface area contributed by atoms with E-state index in [1.54, 1.807) is 12.3 Å². The molecule has 0 bridgehead atoms. The normalized spacial score (nSPS) is 17.5. The quantitative estimate of drug-likeness (QED) is 0.722. The van der Waals surface area contributed by atoms with Crippen LogP contribution in [0.25, 0.3) is 0 Å². The Labute approximate surface area is 161 Å². The molecule has 1 aliphatic carbocycles. The smallest absolute Gasteiger partial charge is 0.372 e. The lowest BCUT2D eigenvalue weighted by Crippen LogP contribution is -2.38. The van der Waals surface area contributed by atoms with Crippen LogP contribution in [0.1, 0.15) is 49.3 Å². The first kappa shape index (κ1) is 20.4. The van der Waals surface area contributed by atoms with Gasteiger partial charge >= 0.3 is 6.18 Å². The van der Waals surface area contributed by atoms with Gasteiger partial charge in [-0.05, 0) is 37.0 Å². The van der Waals surface area contributed by atoms with Gasteiger partial charge in [-0.2, -0.15) is 13.2 Å². The Kier molecular flexibility index (Phi) is 6.07. The molecule has 1 aliphatic rings. The number of hydrogen-bond donors (Lipinski definition) is 2. The maximum Gasteiger partial charge on any atom is 0.416 e. The van der Waals surface area contributed by atoms with Crippen molar-refractivity contribution in [2.75, 3.05) is 5.32 Å². The van der Waals surface area contributed by atoms with E-state index in [4.69, 9.17) is 0 Å². The highest BCUT2D eigenvalue weighted by Crippen LogP contribution is 2.34. The van der Waals surface area contributed by atoms with Crippen molar-refractivity contribution in [3.05, 3.63) is 58.1 Å². The second kappa shape index (κ2) is 8.34. The van der Waals surface area contributed by atoms with Crippen molar-refractivity contribution in [2.24, 2.45) is 5.92 Å². The lowest BCUT2D eigenvalue weighted by atomic mass is 9.97. The molecule has 1 unspecified atom stereocenters. The first-order chi connectivity index (χ1) is 13.2. The van der Waals surface area contributed by atoms with Crippen molar-refractivity contribution in [1.29, 1.82) is 0 Å². The predicted molar refractivity (Wildman–Crippen MR) is 99.9 cm³/mol. The molecule has 0 radical (unpaired) electrons. The molecule has 0 saturated heterocycles. The molecule has 28 heavy (non-hydrogen) atoms. The fourth-order valence-electron chi connectivity index (χ4n) is 3.72. The van der Waals surface area contributed by atoms with Crippen molar-refractivity contribution in [3.63, 3.8) is 0 Å². The van der Waals surface area contributed by atoms with E-state index in [1.807, 2.05) is 13.0 Å². The molecule has 2 atom stereocenters. The number of aliphatic hydroxyl groups excluding tert-OH is 1. The van der Waals surface area contributed by atoms with Gasteiger partial charge in [0, 0.05) is 18.5 Å². The summed E-state index contributed by atoms with van der Waals surface area (Å²) in [5, 5.41) is 13.6. The summed E-state index contributed by atoms with van der Waals surface area (Å²) in [5.41, 5.74) is -0.812. The van der Waals surface area contributed by atoms with Crippen LogP contribution in [-0.4, -0.2) is 20.9 Å². The molecule has 1 saturated carbocycles. The van der Waals surface area contributed by atoms with Crippen LogP contribution < -0.4 is 10.9 Å². The molecule has 0 amide bonds. The van der Waals surface area contributed by atoms with Gasteiger partial charge in [0.05, 0.1) is 11.6 Å². The monoisotopic (exact) mass is 395 g/mol. The number of pyridine rings is 2. The zero-order chi connectivity index (χ0) is 20.3. The molecule has 3 rings (SSSR count). The SMILES string of the molecule is Cc1ccc(NC(O)[C@H](CC2CCCC2)n2ccc(C(F)(F)F)cc2=O)nc1. The largest absolute Gasteiger partial charge is 0.416 e. The van der Waals surface area contributed by atoms with Crippen molar-refractivity contribution in [2.45, 2.75) is 57.5 Å². The fourth-order valence-corrected chi connectivity index (χ4v) is 3.72. The average molecular weight is 395 g/mol. The fraction of sp³-hybridized carbons (Fsp3) is 0.500. The lowest BCUT2D eigenvalue weighted by molar-refractivity contribution is -0.137. The zero-order valence-electron chi connectivity index (χ0n) is 15.6. The standard InChI is InChI=1S/C20H24F3N3O2/c1-13-6-7-17(24-12-13)25-19(28)16(10-14-4-2-3-5-14)26-9-8-15(11-18(26)27)20(21,22)23/h6-9,11-12,14,16,19,28H,2-5,10H2,1H3,(H,24,25)/t16-,19?/m0/s1. The highest BCUT2D eigenvalue weighted by Gasteiger charge is 2.33. The van der Waals surface area contributed by atoms with E-state index in [9.17, 15) is 23.1 Å². The second-order valence-corrected chi connectivity index (χ2v) is 7.42. The number of nitrogens with one attached hydrogen (secondary N) is 1. The molecule has 1 fully saturated rings.